The lowest BCUT2D eigenvalue weighted by Gasteiger charge is -2.22. The van der Waals surface area contributed by atoms with Gasteiger partial charge in [0.05, 0.1) is 19.3 Å². The Morgan fingerprint density at radius 1 is 1.21 bits per heavy atom. The first-order valence-electron chi connectivity index (χ1n) is 10.3. The summed E-state index contributed by atoms with van der Waals surface area (Å²) < 4.78 is 5.52. The third-order valence-electron chi connectivity index (χ3n) is 5.29. The number of nitrogens with zero attached hydrogens (tertiary/aromatic N) is 2. The number of aliphatic imine (C=N–C) groups is 1. The Hall–Kier alpha value is -3.15. The smallest absolute Gasteiger partial charge is 0.191 e. The zero-order valence-electron chi connectivity index (χ0n) is 17.1. The third-order valence-corrected chi connectivity index (χ3v) is 5.29. The van der Waals surface area contributed by atoms with Crippen LogP contribution >= 0.6 is 0 Å². The Kier molecular flexibility index (Phi) is 5.89. The van der Waals surface area contributed by atoms with Gasteiger partial charge in [-0.15, -0.1) is 0 Å². The lowest BCUT2D eigenvalue weighted by Crippen LogP contribution is -2.44. The minimum Gasteiger partial charge on any atom is -0.495 e. The lowest BCUT2D eigenvalue weighted by molar-refractivity contribution is 0.415. The van der Waals surface area contributed by atoms with Crippen molar-refractivity contribution < 1.29 is 4.74 Å². The maximum Gasteiger partial charge on any atom is 0.191 e. The summed E-state index contributed by atoms with van der Waals surface area (Å²) in [5, 5.41) is 8.19. The number of H-pyrrole nitrogens is 1. The molecule has 0 spiro atoms. The third kappa shape index (κ3) is 4.47. The Morgan fingerprint density at radius 2 is 2.03 bits per heavy atom. The van der Waals surface area contributed by atoms with Gasteiger partial charge in [0, 0.05) is 36.9 Å². The number of ether oxygens (including phenoxy) is 1. The number of hydrogen-bond donors (Lipinski definition) is 3. The van der Waals surface area contributed by atoms with E-state index in [2.05, 4.69) is 63.8 Å². The summed E-state index contributed by atoms with van der Waals surface area (Å²) in [4.78, 5) is 10.6. The molecule has 1 saturated heterocycles. The molecule has 6 nitrogen and oxygen atoms in total. The van der Waals surface area contributed by atoms with Gasteiger partial charge in [-0.2, -0.15) is 0 Å². The van der Waals surface area contributed by atoms with E-state index in [1.54, 1.807) is 7.11 Å². The van der Waals surface area contributed by atoms with E-state index in [9.17, 15) is 0 Å². The van der Waals surface area contributed by atoms with Crippen LogP contribution in [0, 0.1) is 0 Å². The highest BCUT2D eigenvalue weighted by atomic mass is 16.5. The molecule has 29 heavy (non-hydrogen) atoms. The summed E-state index contributed by atoms with van der Waals surface area (Å²) in [5.41, 5.74) is 3.42. The SMILES string of the molecule is CCNC(=NCc1cc2ccccc2[nH]1)NC1CCN(c2ccccc2OC)C1. The van der Waals surface area contributed by atoms with E-state index in [0.717, 1.165) is 54.7 Å². The van der Waals surface area contributed by atoms with Crippen LogP contribution in [0.4, 0.5) is 5.69 Å². The Balaban J connectivity index is 1.41. The normalized spacial score (nSPS) is 17.0. The zero-order chi connectivity index (χ0) is 20.1. The molecule has 1 aromatic heterocycles. The number of aromatic amines is 1. The number of guanidine groups is 1. The van der Waals surface area contributed by atoms with Crippen molar-refractivity contribution in [3.05, 3.63) is 60.3 Å². The van der Waals surface area contributed by atoms with E-state index >= 15 is 0 Å². The van der Waals surface area contributed by atoms with Crippen LogP contribution in [0.25, 0.3) is 10.9 Å². The highest BCUT2D eigenvalue weighted by Gasteiger charge is 2.25. The van der Waals surface area contributed by atoms with Crippen molar-refractivity contribution in [1.29, 1.82) is 0 Å². The Bertz CT molecular complexity index is 947. The standard InChI is InChI=1S/C23H29N5O/c1-3-24-23(25-15-19-14-17-8-4-5-9-20(17)26-19)27-18-12-13-28(16-18)21-10-6-7-11-22(21)29-2/h4-11,14,18,26H,3,12-13,15-16H2,1-2H3,(H2,24,25,27). The molecule has 1 fully saturated rings. The van der Waals surface area contributed by atoms with Gasteiger partial charge in [0.15, 0.2) is 5.96 Å². The van der Waals surface area contributed by atoms with Crippen molar-refractivity contribution in [3.63, 3.8) is 0 Å². The molecule has 0 saturated carbocycles. The van der Waals surface area contributed by atoms with Gasteiger partial charge in [-0.1, -0.05) is 30.3 Å². The number of methoxy groups -OCH3 is 1. The van der Waals surface area contributed by atoms with Crippen molar-refractivity contribution in [2.45, 2.75) is 25.9 Å². The molecule has 0 aliphatic carbocycles. The Morgan fingerprint density at radius 3 is 2.86 bits per heavy atom. The average Bonchev–Trinajstić information content (AvgIpc) is 3.38. The second-order valence-corrected chi connectivity index (χ2v) is 7.32. The van der Waals surface area contributed by atoms with Crippen LogP contribution in [0.1, 0.15) is 19.0 Å². The first kappa shape index (κ1) is 19.2. The molecule has 152 valence electrons. The molecule has 1 unspecified atom stereocenters. The highest BCUT2D eigenvalue weighted by Crippen LogP contribution is 2.30. The first-order chi connectivity index (χ1) is 14.3. The maximum absolute atomic E-state index is 5.52. The summed E-state index contributed by atoms with van der Waals surface area (Å²) in [5.74, 6) is 1.78. The lowest BCUT2D eigenvalue weighted by atomic mass is 10.2. The number of rotatable bonds is 6. The van der Waals surface area contributed by atoms with Crippen LogP contribution in [-0.4, -0.2) is 43.7 Å². The van der Waals surface area contributed by atoms with Crippen molar-refractivity contribution in [3.8, 4) is 5.75 Å². The molecular weight excluding hydrogens is 362 g/mol. The van der Waals surface area contributed by atoms with E-state index < -0.39 is 0 Å². The van der Waals surface area contributed by atoms with E-state index in [1.807, 2.05) is 18.2 Å². The molecule has 0 radical (unpaired) electrons. The summed E-state index contributed by atoms with van der Waals surface area (Å²) >= 11 is 0. The first-order valence-corrected chi connectivity index (χ1v) is 10.3. The number of hydrogen-bond acceptors (Lipinski definition) is 3. The van der Waals surface area contributed by atoms with Crippen LogP contribution in [0.15, 0.2) is 59.6 Å². The van der Waals surface area contributed by atoms with Crippen molar-refractivity contribution in [2.24, 2.45) is 4.99 Å². The number of benzene rings is 2. The van der Waals surface area contributed by atoms with Crippen LogP contribution in [0.5, 0.6) is 5.75 Å². The number of para-hydroxylation sites is 3. The van der Waals surface area contributed by atoms with Gasteiger partial charge in [0.1, 0.15) is 5.75 Å². The van der Waals surface area contributed by atoms with Gasteiger partial charge in [0.2, 0.25) is 0 Å². The quantitative estimate of drug-likeness (QED) is 0.444. The highest BCUT2D eigenvalue weighted by molar-refractivity contribution is 5.81. The van der Waals surface area contributed by atoms with Crippen LogP contribution < -0.4 is 20.3 Å². The molecule has 2 aromatic carbocycles. The molecule has 6 heteroatoms. The monoisotopic (exact) mass is 391 g/mol. The molecule has 1 atom stereocenters. The van der Waals surface area contributed by atoms with Gasteiger partial charge in [0.25, 0.3) is 0 Å². The number of anilines is 1. The molecule has 0 amide bonds. The van der Waals surface area contributed by atoms with E-state index in [4.69, 9.17) is 9.73 Å². The number of fused-ring (bicyclic) bond motifs is 1. The van der Waals surface area contributed by atoms with Crippen molar-refractivity contribution in [1.82, 2.24) is 15.6 Å². The van der Waals surface area contributed by atoms with Gasteiger partial charge < -0.3 is 25.3 Å². The van der Waals surface area contributed by atoms with Crippen LogP contribution in [-0.2, 0) is 6.54 Å². The summed E-state index contributed by atoms with van der Waals surface area (Å²) in [7, 11) is 1.73. The van der Waals surface area contributed by atoms with E-state index in [0.29, 0.717) is 12.6 Å². The fourth-order valence-electron chi connectivity index (χ4n) is 3.88. The predicted molar refractivity (Wildman–Crippen MR) is 120 cm³/mol. The molecule has 0 bridgehead atoms. The predicted octanol–water partition coefficient (Wildman–Crippen LogP) is 3.51. The van der Waals surface area contributed by atoms with Gasteiger partial charge in [-0.05, 0) is 43.0 Å². The molecule has 2 heterocycles. The number of aromatic nitrogens is 1. The van der Waals surface area contributed by atoms with Gasteiger partial charge in [-0.3, -0.25) is 0 Å². The molecule has 1 aliphatic rings. The summed E-state index contributed by atoms with van der Waals surface area (Å²) in [6.07, 6.45) is 1.06. The summed E-state index contributed by atoms with van der Waals surface area (Å²) in [6.45, 7) is 5.47. The minimum atomic E-state index is 0.348. The number of nitrogens with one attached hydrogen (secondary N) is 3. The second kappa shape index (κ2) is 8.90. The van der Waals surface area contributed by atoms with Gasteiger partial charge in [-0.25, -0.2) is 4.99 Å². The average molecular weight is 392 g/mol. The van der Waals surface area contributed by atoms with Crippen molar-refractivity contribution in [2.75, 3.05) is 31.6 Å². The fourth-order valence-corrected chi connectivity index (χ4v) is 3.88. The molecule has 4 rings (SSSR count). The molecule has 3 N–H and O–H groups in total. The van der Waals surface area contributed by atoms with E-state index in [1.165, 1.54) is 5.39 Å². The second-order valence-electron chi connectivity index (χ2n) is 7.32. The zero-order valence-corrected chi connectivity index (χ0v) is 17.1. The molecule has 3 aromatic rings. The van der Waals surface area contributed by atoms with Crippen LogP contribution in [0.2, 0.25) is 0 Å². The maximum atomic E-state index is 5.52. The molecule has 1 aliphatic heterocycles. The van der Waals surface area contributed by atoms with Crippen LogP contribution in [0.3, 0.4) is 0 Å². The fraction of sp³-hybridized carbons (Fsp3) is 0.348. The minimum absolute atomic E-state index is 0.348. The Labute approximate surface area is 172 Å². The summed E-state index contributed by atoms with van der Waals surface area (Å²) in [6, 6.07) is 19.0. The van der Waals surface area contributed by atoms with E-state index in [-0.39, 0.29) is 0 Å². The van der Waals surface area contributed by atoms with Gasteiger partial charge >= 0.3 is 0 Å². The largest absolute Gasteiger partial charge is 0.495 e. The van der Waals surface area contributed by atoms with Crippen molar-refractivity contribution >= 4 is 22.5 Å². The molecular formula is C23H29N5O. The topological polar surface area (TPSA) is 64.7 Å².